The average molecular weight is 207 g/mol. The lowest BCUT2D eigenvalue weighted by molar-refractivity contribution is 0.184. The zero-order valence-electron chi connectivity index (χ0n) is 6.48. The Balaban J connectivity index is 2.01. The van der Waals surface area contributed by atoms with Crippen LogP contribution in [-0.2, 0) is 4.74 Å². The van der Waals surface area contributed by atoms with Gasteiger partial charge in [-0.3, -0.25) is 0 Å². The predicted octanol–water partition coefficient (Wildman–Crippen LogP) is 2.59. The molecule has 1 saturated heterocycles. The first kappa shape index (κ1) is 8.54. The van der Waals surface area contributed by atoms with Gasteiger partial charge in [0.05, 0.1) is 0 Å². The molecule has 0 bridgehead atoms. The molecule has 0 amide bonds. The van der Waals surface area contributed by atoms with E-state index in [0.29, 0.717) is 4.83 Å². The lowest BCUT2D eigenvalue weighted by atomic mass is 10.0. The summed E-state index contributed by atoms with van der Waals surface area (Å²) < 4.78 is 5.27. The molecule has 0 N–H and O–H groups in total. The van der Waals surface area contributed by atoms with Gasteiger partial charge in [-0.25, -0.2) is 0 Å². The third-order valence-corrected chi connectivity index (χ3v) is 2.45. The molecule has 0 spiro atoms. The molecule has 1 nitrogen and oxygen atoms in total. The first-order valence-electron chi connectivity index (χ1n) is 4.01. The lowest BCUT2D eigenvalue weighted by Gasteiger charge is -2.07. The highest BCUT2D eigenvalue weighted by molar-refractivity contribution is 9.09. The minimum Gasteiger partial charge on any atom is -0.381 e. The summed E-state index contributed by atoms with van der Waals surface area (Å²) in [4.78, 5) is 0.674. The van der Waals surface area contributed by atoms with E-state index in [4.69, 9.17) is 4.74 Å². The van der Waals surface area contributed by atoms with Gasteiger partial charge in [-0.1, -0.05) is 22.9 Å². The van der Waals surface area contributed by atoms with Crippen LogP contribution in [0.3, 0.4) is 0 Å². The average Bonchev–Trinajstić information content (AvgIpc) is 2.34. The monoisotopic (exact) mass is 206 g/mol. The van der Waals surface area contributed by atoms with Crippen molar-refractivity contribution in [1.29, 1.82) is 0 Å². The van der Waals surface area contributed by atoms with Crippen LogP contribution in [0.4, 0.5) is 0 Å². The van der Waals surface area contributed by atoms with Crippen LogP contribution in [0.15, 0.2) is 0 Å². The van der Waals surface area contributed by atoms with Crippen molar-refractivity contribution in [3.8, 4) is 0 Å². The van der Waals surface area contributed by atoms with Crippen molar-refractivity contribution in [3.05, 3.63) is 0 Å². The zero-order valence-corrected chi connectivity index (χ0v) is 8.06. The highest BCUT2D eigenvalue weighted by Gasteiger charge is 2.15. The van der Waals surface area contributed by atoms with Gasteiger partial charge in [0.25, 0.3) is 0 Å². The summed E-state index contributed by atoms with van der Waals surface area (Å²) in [5.74, 6) is 0.847. The minimum absolute atomic E-state index is 0.674. The van der Waals surface area contributed by atoms with Crippen molar-refractivity contribution in [2.75, 3.05) is 13.2 Å². The number of hydrogen-bond acceptors (Lipinski definition) is 1. The second kappa shape index (κ2) is 4.35. The van der Waals surface area contributed by atoms with Crippen LogP contribution in [0.1, 0.15) is 26.2 Å². The molecule has 1 rings (SSSR count). The molecule has 1 aliphatic heterocycles. The van der Waals surface area contributed by atoms with E-state index in [-0.39, 0.29) is 0 Å². The number of halogens is 1. The molecule has 0 saturated carbocycles. The van der Waals surface area contributed by atoms with Crippen LogP contribution in [0.2, 0.25) is 0 Å². The zero-order chi connectivity index (χ0) is 7.40. The fourth-order valence-corrected chi connectivity index (χ4v) is 1.54. The van der Waals surface area contributed by atoms with Crippen LogP contribution < -0.4 is 0 Å². The number of alkyl halides is 1. The summed E-state index contributed by atoms with van der Waals surface area (Å²) in [7, 11) is 0. The third-order valence-electron chi connectivity index (χ3n) is 2.00. The van der Waals surface area contributed by atoms with E-state index >= 15 is 0 Å². The first-order valence-corrected chi connectivity index (χ1v) is 4.92. The largest absolute Gasteiger partial charge is 0.381 e. The van der Waals surface area contributed by atoms with Gasteiger partial charge >= 0.3 is 0 Å². The van der Waals surface area contributed by atoms with Gasteiger partial charge in [-0.15, -0.1) is 0 Å². The Bertz CT molecular complexity index is 87.3. The van der Waals surface area contributed by atoms with Crippen LogP contribution in [0, 0.1) is 5.92 Å². The maximum atomic E-state index is 5.27. The van der Waals surface area contributed by atoms with Crippen molar-refractivity contribution in [2.45, 2.75) is 31.0 Å². The van der Waals surface area contributed by atoms with Crippen molar-refractivity contribution in [1.82, 2.24) is 0 Å². The maximum absolute atomic E-state index is 5.27. The number of ether oxygens (including phenoxy) is 1. The molecule has 0 aromatic heterocycles. The van der Waals surface area contributed by atoms with Crippen LogP contribution in [0.5, 0.6) is 0 Å². The van der Waals surface area contributed by atoms with E-state index in [1.807, 2.05) is 0 Å². The SMILES string of the molecule is CC(Br)CCC1CCOC1. The van der Waals surface area contributed by atoms with E-state index in [0.717, 1.165) is 19.1 Å². The fourth-order valence-electron chi connectivity index (χ4n) is 1.28. The quantitative estimate of drug-likeness (QED) is 0.646. The van der Waals surface area contributed by atoms with E-state index in [9.17, 15) is 0 Å². The summed E-state index contributed by atoms with van der Waals surface area (Å²) in [5, 5.41) is 0. The summed E-state index contributed by atoms with van der Waals surface area (Å²) in [5.41, 5.74) is 0. The molecule has 60 valence electrons. The molecule has 0 aliphatic carbocycles. The topological polar surface area (TPSA) is 9.23 Å². The normalized spacial score (nSPS) is 28.8. The second-order valence-corrected chi connectivity index (χ2v) is 4.65. The Hall–Kier alpha value is 0.440. The maximum Gasteiger partial charge on any atom is 0.0495 e. The minimum atomic E-state index is 0.674. The molecule has 10 heavy (non-hydrogen) atoms. The molecular formula is C8H15BrO. The third kappa shape index (κ3) is 3.02. The van der Waals surface area contributed by atoms with Crippen molar-refractivity contribution < 1.29 is 4.74 Å². The van der Waals surface area contributed by atoms with Crippen LogP contribution >= 0.6 is 15.9 Å². The molecule has 0 aromatic carbocycles. The Kier molecular flexibility index (Phi) is 3.71. The second-order valence-electron chi connectivity index (χ2n) is 3.09. The van der Waals surface area contributed by atoms with E-state index in [1.165, 1.54) is 19.3 Å². The Morgan fingerprint density at radius 1 is 1.70 bits per heavy atom. The summed E-state index contributed by atoms with van der Waals surface area (Å²) in [6, 6.07) is 0. The standard InChI is InChI=1S/C8H15BrO/c1-7(9)2-3-8-4-5-10-6-8/h7-8H,2-6H2,1H3. The molecule has 1 fully saturated rings. The smallest absolute Gasteiger partial charge is 0.0495 e. The Morgan fingerprint density at radius 3 is 3.00 bits per heavy atom. The molecule has 1 heterocycles. The molecule has 0 radical (unpaired) electrons. The Morgan fingerprint density at radius 2 is 2.50 bits per heavy atom. The van der Waals surface area contributed by atoms with E-state index in [1.54, 1.807) is 0 Å². The summed E-state index contributed by atoms with van der Waals surface area (Å²) in [6.45, 7) is 4.19. The first-order chi connectivity index (χ1) is 4.79. The van der Waals surface area contributed by atoms with Crippen molar-refractivity contribution in [2.24, 2.45) is 5.92 Å². The van der Waals surface area contributed by atoms with Gasteiger partial charge in [0.15, 0.2) is 0 Å². The van der Waals surface area contributed by atoms with Gasteiger partial charge in [0.1, 0.15) is 0 Å². The fraction of sp³-hybridized carbons (Fsp3) is 1.00. The van der Waals surface area contributed by atoms with E-state index in [2.05, 4.69) is 22.9 Å². The molecule has 2 atom stereocenters. The van der Waals surface area contributed by atoms with Gasteiger partial charge in [-0.05, 0) is 25.2 Å². The van der Waals surface area contributed by atoms with E-state index < -0.39 is 0 Å². The number of hydrogen-bond donors (Lipinski definition) is 0. The summed E-state index contributed by atoms with van der Waals surface area (Å²) >= 11 is 3.54. The molecular weight excluding hydrogens is 192 g/mol. The van der Waals surface area contributed by atoms with Gasteiger partial charge in [-0.2, -0.15) is 0 Å². The van der Waals surface area contributed by atoms with Gasteiger partial charge in [0.2, 0.25) is 0 Å². The van der Waals surface area contributed by atoms with Crippen molar-refractivity contribution >= 4 is 15.9 Å². The molecule has 2 heteroatoms. The highest BCUT2D eigenvalue weighted by atomic mass is 79.9. The molecule has 2 unspecified atom stereocenters. The number of rotatable bonds is 3. The van der Waals surface area contributed by atoms with Crippen LogP contribution in [-0.4, -0.2) is 18.0 Å². The molecule has 0 aromatic rings. The Labute approximate surface area is 71.3 Å². The summed E-state index contributed by atoms with van der Waals surface area (Å²) in [6.07, 6.45) is 3.89. The van der Waals surface area contributed by atoms with Gasteiger partial charge < -0.3 is 4.74 Å². The van der Waals surface area contributed by atoms with Crippen LogP contribution in [0.25, 0.3) is 0 Å². The van der Waals surface area contributed by atoms with Gasteiger partial charge in [0, 0.05) is 18.0 Å². The molecule has 1 aliphatic rings. The highest BCUT2D eigenvalue weighted by Crippen LogP contribution is 2.20. The lowest BCUT2D eigenvalue weighted by Crippen LogP contribution is -2.01. The predicted molar refractivity (Wildman–Crippen MR) is 46.5 cm³/mol. The van der Waals surface area contributed by atoms with Crippen molar-refractivity contribution in [3.63, 3.8) is 0 Å².